The van der Waals surface area contributed by atoms with E-state index in [9.17, 15) is 9.90 Å². The molecule has 1 aromatic rings. The fourth-order valence-corrected chi connectivity index (χ4v) is 1.13. The van der Waals surface area contributed by atoms with Crippen LogP contribution in [0.15, 0.2) is 23.3 Å². The van der Waals surface area contributed by atoms with Crippen molar-refractivity contribution in [2.75, 3.05) is 7.11 Å². The van der Waals surface area contributed by atoms with Gasteiger partial charge in [0.2, 0.25) is 0 Å². The summed E-state index contributed by atoms with van der Waals surface area (Å²) in [5.74, 6) is 0.247. The van der Waals surface area contributed by atoms with Crippen molar-refractivity contribution in [1.82, 2.24) is 5.43 Å². The topological polar surface area (TPSA) is 99.8 Å². The van der Waals surface area contributed by atoms with Crippen LogP contribution in [-0.2, 0) is 17.1 Å². The van der Waals surface area contributed by atoms with E-state index in [0.717, 1.165) is 0 Å². The molecule has 0 aliphatic rings. The first-order valence-electron chi connectivity index (χ1n) is 4.49. The van der Waals surface area contributed by atoms with Gasteiger partial charge in [-0.3, -0.25) is 0 Å². The number of primary amides is 1. The van der Waals surface area contributed by atoms with Crippen LogP contribution in [0, 0.1) is 0 Å². The first-order chi connectivity index (χ1) is 7.54. The van der Waals surface area contributed by atoms with Crippen LogP contribution in [0.2, 0.25) is 0 Å². The van der Waals surface area contributed by atoms with E-state index in [2.05, 4.69) is 10.5 Å². The molecule has 3 N–H and O–H groups in total. The maximum Gasteiger partial charge on any atom is 2.00 e. The zero-order chi connectivity index (χ0) is 12.1. The van der Waals surface area contributed by atoms with Crippen LogP contribution in [0.5, 0.6) is 11.5 Å². The maximum absolute atomic E-state index is 11.6. The predicted octanol–water partition coefficient (Wildman–Crippen LogP) is -2.84. The monoisotopic (exact) mass is 320 g/mol. The molecule has 2 amide bonds. The molecule has 0 atom stereocenters. The number of hydrazone groups is 1. The fourth-order valence-electron chi connectivity index (χ4n) is 1.13. The number of nitrogens with one attached hydrogen (secondary N) is 1. The molecule has 18 heavy (non-hydrogen) atoms. The first-order valence-corrected chi connectivity index (χ1v) is 4.49. The van der Waals surface area contributed by atoms with Crippen molar-refractivity contribution in [1.29, 1.82) is 0 Å². The minimum Gasteiger partial charge on any atom is -1.00 e. The van der Waals surface area contributed by atoms with Crippen LogP contribution in [0.4, 0.5) is 4.79 Å². The second-order valence-corrected chi connectivity index (χ2v) is 3.04. The molecule has 6 nitrogen and oxygen atoms in total. The number of carbonyl (C=O) groups is 1. The minimum absolute atomic E-state index is 0. The van der Waals surface area contributed by atoms with Crippen LogP contribution in [-0.4, -0.2) is 18.9 Å². The summed E-state index contributed by atoms with van der Waals surface area (Å²) in [6.07, 6.45) is 0. The SMILES string of the molecule is COc1ccc(/C(C)=N/NC(N)=O)c([O-])c1.[Cl-].[Cu+2]. The molecule has 0 aromatic heterocycles. The van der Waals surface area contributed by atoms with Gasteiger partial charge in [0.1, 0.15) is 5.75 Å². The van der Waals surface area contributed by atoms with Gasteiger partial charge >= 0.3 is 23.1 Å². The average Bonchev–Trinajstić information content (AvgIpc) is 2.25. The number of hydrogen-bond donors (Lipinski definition) is 2. The van der Waals surface area contributed by atoms with Gasteiger partial charge in [-0.2, -0.15) is 5.10 Å². The van der Waals surface area contributed by atoms with Crippen molar-refractivity contribution in [3.63, 3.8) is 0 Å². The molecule has 0 aliphatic heterocycles. The zero-order valence-corrected chi connectivity index (χ0v) is 11.4. The number of nitrogens with zero attached hydrogens (tertiary/aromatic N) is 1. The Morgan fingerprint density at radius 1 is 1.50 bits per heavy atom. The van der Waals surface area contributed by atoms with Gasteiger partial charge in [-0.05, 0) is 24.6 Å². The normalized spacial score (nSPS) is 9.78. The number of amides is 2. The summed E-state index contributed by atoms with van der Waals surface area (Å²) in [6.45, 7) is 1.60. The van der Waals surface area contributed by atoms with Gasteiger partial charge in [0.25, 0.3) is 0 Å². The second kappa shape index (κ2) is 8.63. The molecule has 1 aromatic carbocycles. The molecular formula is C10H12ClCuN3O3. The Morgan fingerprint density at radius 2 is 2.11 bits per heavy atom. The van der Waals surface area contributed by atoms with Gasteiger partial charge in [-0.15, -0.1) is 0 Å². The number of rotatable bonds is 3. The van der Waals surface area contributed by atoms with Crippen LogP contribution >= 0.6 is 0 Å². The maximum atomic E-state index is 11.6. The van der Waals surface area contributed by atoms with Gasteiger partial charge < -0.3 is 28.0 Å². The summed E-state index contributed by atoms with van der Waals surface area (Å²) in [5.41, 5.74) is 7.67. The third-order valence-corrected chi connectivity index (χ3v) is 1.91. The number of carbonyl (C=O) groups excluding carboxylic acids is 1. The van der Waals surface area contributed by atoms with Crippen LogP contribution in [0.3, 0.4) is 0 Å². The van der Waals surface area contributed by atoms with E-state index < -0.39 is 6.03 Å². The van der Waals surface area contributed by atoms with Crippen LogP contribution in [0.1, 0.15) is 12.5 Å². The molecule has 0 spiro atoms. The molecular weight excluding hydrogens is 309 g/mol. The largest absolute Gasteiger partial charge is 2.00 e. The van der Waals surface area contributed by atoms with Gasteiger partial charge in [0.15, 0.2) is 0 Å². The Bertz CT molecular complexity index is 440. The molecule has 0 aliphatic carbocycles. The van der Waals surface area contributed by atoms with E-state index in [1.807, 2.05) is 0 Å². The summed E-state index contributed by atoms with van der Waals surface area (Å²) < 4.78 is 4.90. The summed E-state index contributed by atoms with van der Waals surface area (Å²) >= 11 is 0. The first kappa shape index (κ1) is 18.9. The van der Waals surface area contributed by atoms with E-state index in [1.165, 1.54) is 13.2 Å². The number of halogens is 1. The molecule has 0 heterocycles. The molecule has 1 radical (unpaired) electrons. The summed E-state index contributed by atoms with van der Waals surface area (Å²) in [6, 6.07) is 3.78. The average molecular weight is 321 g/mol. The second-order valence-electron chi connectivity index (χ2n) is 3.04. The molecule has 0 bridgehead atoms. The number of benzene rings is 1. The summed E-state index contributed by atoms with van der Waals surface area (Å²) in [7, 11) is 1.48. The van der Waals surface area contributed by atoms with E-state index in [0.29, 0.717) is 17.0 Å². The summed E-state index contributed by atoms with van der Waals surface area (Å²) in [5, 5.41) is 15.2. The van der Waals surface area contributed by atoms with Crippen molar-refractivity contribution in [3.8, 4) is 11.5 Å². The van der Waals surface area contributed by atoms with Gasteiger partial charge in [0, 0.05) is 0 Å². The minimum atomic E-state index is -0.777. The van der Waals surface area contributed by atoms with Crippen LogP contribution < -0.4 is 33.4 Å². The Labute approximate surface area is 121 Å². The number of methoxy groups -OCH3 is 1. The molecule has 103 valence electrons. The molecule has 8 heteroatoms. The number of ether oxygens (including phenoxy) is 1. The standard InChI is InChI=1S/C10H13N3O3.ClH.Cu/c1-6(12-13-10(11)15)8-4-3-7(16-2)5-9(8)14;;/h3-5,14H,1-2H3,(H3,11,13,15);1H;/q;;+2/p-2/b12-6+;;. The Balaban J connectivity index is 0. The smallest absolute Gasteiger partial charge is 1.00 e. The van der Waals surface area contributed by atoms with Gasteiger partial charge in [0.05, 0.1) is 12.8 Å². The number of urea groups is 1. The van der Waals surface area contributed by atoms with E-state index in [1.54, 1.807) is 19.1 Å². The molecule has 1 rings (SSSR count). The Hall–Kier alpha value is -1.43. The number of nitrogens with two attached hydrogens (primary N) is 1. The van der Waals surface area contributed by atoms with E-state index >= 15 is 0 Å². The quantitative estimate of drug-likeness (QED) is 0.356. The Kier molecular flexibility index (Phi) is 9.07. The van der Waals surface area contributed by atoms with Gasteiger partial charge in [-0.25, -0.2) is 10.2 Å². The molecule has 0 saturated heterocycles. The van der Waals surface area contributed by atoms with E-state index in [4.69, 9.17) is 10.5 Å². The number of hydrogen-bond acceptors (Lipinski definition) is 4. The predicted molar refractivity (Wildman–Crippen MR) is 57.4 cm³/mol. The van der Waals surface area contributed by atoms with Crippen LogP contribution in [0.25, 0.3) is 0 Å². The van der Waals surface area contributed by atoms with Crippen molar-refractivity contribution in [2.24, 2.45) is 10.8 Å². The van der Waals surface area contributed by atoms with Crippen molar-refractivity contribution in [3.05, 3.63) is 23.8 Å². The van der Waals surface area contributed by atoms with Crippen molar-refractivity contribution >= 4 is 11.7 Å². The molecule has 0 fully saturated rings. The van der Waals surface area contributed by atoms with E-state index in [-0.39, 0.29) is 35.2 Å². The molecule has 0 saturated carbocycles. The van der Waals surface area contributed by atoms with Crippen molar-refractivity contribution < 1.29 is 44.1 Å². The third-order valence-electron chi connectivity index (χ3n) is 1.91. The zero-order valence-electron chi connectivity index (χ0n) is 9.66. The summed E-state index contributed by atoms with van der Waals surface area (Å²) in [4.78, 5) is 10.4. The van der Waals surface area contributed by atoms with Gasteiger partial charge in [-0.1, -0.05) is 11.8 Å². The van der Waals surface area contributed by atoms with Crippen molar-refractivity contribution in [2.45, 2.75) is 6.92 Å². The Morgan fingerprint density at radius 3 is 2.56 bits per heavy atom. The third kappa shape index (κ3) is 5.27. The fraction of sp³-hybridized carbons (Fsp3) is 0.200. The molecule has 0 unspecified atom stereocenters.